The van der Waals surface area contributed by atoms with Gasteiger partial charge in [0.1, 0.15) is 0 Å². The molecule has 2 heterocycles. The molecule has 1 N–H and O–H groups in total. The lowest BCUT2D eigenvalue weighted by Gasteiger charge is -2.34. The lowest BCUT2D eigenvalue weighted by atomic mass is 9.93. The van der Waals surface area contributed by atoms with E-state index in [0.29, 0.717) is 6.54 Å². The molecule has 6 heteroatoms. The van der Waals surface area contributed by atoms with Gasteiger partial charge in [0.15, 0.2) is 0 Å². The number of hydrogen-bond donors (Lipinski definition) is 1. The molecule has 0 bridgehead atoms. The lowest BCUT2D eigenvalue weighted by Crippen LogP contribution is -2.49. The predicted molar refractivity (Wildman–Crippen MR) is 136 cm³/mol. The highest BCUT2D eigenvalue weighted by atomic mass is 32.2. The number of carbonyl (C=O) groups is 1. The van der Waals surface area contributed by atoms with Gasteiger partial charge in [0.2, 0.25) is 5.91 Å². The number of carbonyl (C=O) groups excluding carboxylic acids is 1. The zero-order chi connectivity index (χ0) is 23.0. The summed E-state index contributed by atoms with van der Waals surface area (Å²) in [6.45, 7) is 6.17. The number of thioether (sulfide) groups is 1. The van der Waals surface area contributed by atoms with Gasteiger partial charge in [0.05, 0.1) is 6.54 Å². The van der Waals surface area contributed by atoms with E-state index in [1.54, 1.807) is 0 Å². The number of aliphatic hydroxyl groups excluding tert-OH is 1. The third-order valence-corrected chi connectivity index (χ3v) is 7.69. The van der Waals surface area contributed by atoms with Crippen LogP contribution in [-0.2, 0) is 10.5 Å². The summed E-state index contributed by atoms with van der Waals surface area (Å²) in [6.07, 6.45) is 3.97. The van der Waals surface area contributed by atoms with Crippen LogP contribution < -0.4 is 0 Å². The Morgan fingerprint density at radius 1 is 1.03 bits per heavy atom. The van der Waals surface area contributed by atoms with Crippen molar-refractivity contribution in [3.05, 3.63) is 71.3 Å². The molecule has 33 heavy (non-hydrogen) atoms. The van der Waals surface area contributed by atoms with Crippen molar-refractivity contribution in [2.45, 2.75) is 23.5 Å². The number of amides is 1. The first-order valence-electron chi connectivity index (χ1n) is 12.0. The van der Waals surface area contributed by atoms with Gasteiger partial charge in [-0.1, -0.05) is 48.5 Å². The molecule has 2 aliphatic rings. The van der Waals surface area contributed by atoms with Gasteiger partial charge in [-0.2, -0.15) is 0 Å². The maximum atomic E-state index is 12.8. The van der Waals surface area contributed by atoms with Crippen LogP contribution in [0.15, 0.2) is 59.5 Å². The topological polar surface area (TPSA) is 47.0 Å². The van der Waals surface area contributed by atoms with E-state index in [1.807, 2.05) is 23.7 Å². The molecule has 0 atom stereocenters. The molecular formula is C27H35N3O2S. The Labute approximate surface area is 202 Å². The number of rotatable bonds is 8. The second-order valence-electron chi connectivity index (χ2n) is 8.86. The molecule has 2 aromatic rings. The lowest BCUT2D eigenvalue weighted by molar-refractivity contribution is -0.131. The number of likely N-dealkylation sites (N-methyl/N-ethyl adjacent to an activating group) is 1. The molecular weight excluding hydrogens is 430 g/mol. The van der Waals surface area contributed by atoms with Crippen LogP contribution in [0.1, 0.15) is 29.5 Å². The third-order valence-electron chi connectivity index (χ3n) is 6.56. The molecule has 0 spiro atoms. The molecule has 0 radical (unpaired) electrons. The van der Waals surface area contributed by atoms with Gasteiger partial charge in [0.25, 0.3) is 0 Å². The first kappa shape index (κ1) is 24.0. The molecule has 4 rings (SSSR count). The Hall–Kier alpha value is -2.12. The number of aliphatic hydroxyl groups is 1. The van der Waals surface area contributed by atoms with Crippen molar-refractivity contribution in [1.29, 1.82) is 0 Å². The second kappa shape index (κ2) is 11.8. The Morgan fingerprint density at radius 2 is 1.73 bits per heavy atom. The van der Waals surface area contributed by atoms with Gasteiger partial charge in [-0.05, 0) is 41.2 Å². The molecule has 0 aromatic heterocycles. The van der Waals surface area contributed by atoms with E-state index in [1.165, 1.54) is 27.2 Å². The molecule has 2 aliphatic heterocycles. The normalized spacial score (nSPS) is 17.9. The number of piperazine rings is 1. The van der Waals surface area contributed by atoms with Gasteiger partial charge in [-0.3, -0.25) is 9.69 Å². The summed E-state index contributed by atoms with van der Waals surface area (Å²) in [6, 6.07) is 17.3. The van der Waals surface area contributed by atoms with Gasteiger partial charge in [0, 0.05) is 63.6 Å². The van der Waals surface area contributed by atoms with E-state index in [9.17, 15) is 4.79 Å². The second-order valence-corrected chi connectivity index (χ2v) is 9.88. The van der Waals surface area contributed by atoms with E-state index >= 15 is 0 Å². The minimum atomic E-state index is 0.189. The van der Waals surface area contributed by atoms with E-state index in [0.717, 1.165) is 57.9 Å². The SMILES string of the molecule is CN(CC/C=C1/c2ccccc2CSc2ccccc21)C(=O)CN1CCN(CCCO)CC1. The average Bonchev–Trinajstić information content (AvgIpc) is 3.01. The molecule has 176 valence electrons. The monoisotopic (exact) mass is 465 g/mol. The zero-order valence-electron chi connectivity index (χ0n) is 19.6. The molecule has 0 aliphatic carbocycles. The van der Waals surface area contributed by atoms with Gasteiger partial charge in [-0.25, -0.2) is 0 Å². The minimum Gasteiger partial charge on any atom is -0.396 e. The zero-order valence-corrected chi connectivity index (χ0v) is 20.4. The molecule has 0 unspecified atom stereocenters. The van der Waals surface area contributed by atoms with Crippen LogP contribution in [-0.4, -0.2) is 85.2 Å². The molecule has 1 saturated heterocycles. The maximum absolute atomic E-state index is 12.8. The van der Waals surface area contributed by atoms with Crippen molar-refractivity contribution < 1.29 is 9.90 Å². The fourth-order valence-corrected chi connectivity index (χ4v) is 5.62. The van der Waals surface area contributed by atoms with Crippen LogP contribution in [0.5, 0.6) is 0 Å². The summed E-state index contributed by atoms with van der Waals surface area (Å²) < 4.78 is 0. The molecule has 2 aromatic carbocycles. The fraction of sp³-hybridized carbons (Fsp3) is 0.444. The van der Waals surface area contributed by atoms with Crippen LogP contribution in [0.3, 0.4) is 0 Å². The summed E-state index contributed by atoms with van der Waals surface area (Å²) in [7, 11) is 1.92. The molecule has 1 fully saturated rings. The summed E-state index contributed by atoms with van der Waals surface area (Å²) in [5, 5.41) is 9.00. The average molecular weight is 466 g/mol. The van der Waals surface area contributed by atoms with Crippen molar-refractivity contribution in [1.82, 2.24) is 14.7 Å². The first-order valence-corrected chi connectivity index (χ1v) is 12.9. The quantitative estimate of drug-likeness (QED) is 0.646. The van der Waals surface area contributed by atoms with Crippen LogP contribution in [0.4, 0.5) is 0 Å². The van der Waals surface area contributed by atoms with Crippen molar-refractivity contribution in [3.63, 3.8) is 0 Å². The Kier molecular flexibility index (Phi) is 8.62. The number of benzene rings is 2. The highest BCUT2D eigenvalue weighted by Gasteiger charge is 2.21. The van der Waals surface area contributed by atoms with Gasteiger partial charge < -0.3 is 14.9 Å². The van der Waals surface area contributed by atoms with Crippen LogP contribution >= 0.6 is 11.8 Å². The first-order chi connectivity index (χ1) is 16.2. The highest BCUT2D eigenvalue weighted by molar-refractivity contribution is 7.98. The molecule has 1 amide bonds. The van der Waals surface area contributed by atoms with Crippen LogP contribution in [0.25, 0.3) is 5.57 Å². The van der Waals surface area contributed by atoms with Crippen LogP contribution in [0.2, 0.25) is 0 Å². The van der Waals surface area contributed by atoms with Crippen molar-refractivity contribution in [2.75, 3.05) is 59.5 Å². The predicted octanol–water partition coefficient (Wildman–Crippen LogP) is 3.57. The Bertz CT molecular complexity index is 920. The summed E-state index contributed by atoms with van der Waals surface area (Å²) >= 11 is 1.90. The van der Waals surface area contributed by atoms with E-state index in [-0.39, 0.29) is 12.5 Å². The smallest absolute Gasteiger partial charge is 0.236 e. The highest BCUT2D eigenvalue weighted by Crippen LogP contribution is 2.40. The largest absolute Gasteiger partial charge is 0.396 e. The standard InChI is InChI=1S/C27H35N3O2S/c1-28(27(32)20-30-17-15-29(16-18-30)14-7-19-31)13-6-11-24-23-9-3-2-8-22(23)21-33-26-12-5-4-10-25(24)26/h2-5,8-12,31H,6-7,13-21H2,1H3/b24-11-. The third kappa shape index (κ3) is 6.27. The Balaban J connectivity index is 1.35. The molecule has 0 saturated carbocycles. The number of nitrogens with zero attached hydrogens (tertiary/aromatic N) is 3. The van der Waals surface area contributed by atoms with E-state index in [2.05, 4.69) is 64.4 Å². The van der Waals surface area contributed by atoms with Gasteiger partial charge in [-0.15, -0.1) is 11.8 Å². The fourth-order valence-electron chi connectivity index (χ4n) is 4.55. The maximum Gasteiger partial charge on any atom is 0.236 e. The van der Waals surface area contributed by atoms with Crippen LogP contribution in [0, 0.1) is 0 Å². The number of fused-ring (bicyclic) bond motifs is 2. The van der Waals surface area contributed by atoms with E-state index < -0.39 is 0 Å². The van der Waals surface area contributed by atoms with E-state index in [4.69, 9.17) is 5.11 Å². The Morgan fingerprint density at radius 3 is 2.52 bits per heavy atom. The minimum absolute atomic E-state index is 0.189. The summed E-state index contributed by atoms with van der Waals surface area (Å²) in [4.78, 5) is 20.6. The van der Waals surface area contributed by atoms with Crippen molar-refractivity contribution >= 4 is 23.2 Å². The molecule has 5 nitrogen and oxygen atoms in total. The van der Waals surface area contributed by atoms with Crippen molar-refractivity contribution in [3.8, 4) is 0 Å². The number of hydrogen-bond acceptors (Lipinski definition) is 5. The van der Waals surface area contributed by atoms with Gasteiger partial charge >= 0.3 is 0 Å². The van der Waals surface area contributed by atoms with Crippen molar-refractivity contribution in [2.24, 2.45) is 0 Å². The summed E-state index contributed by atoms with van der Waals surface area (Å²) in [5.74, 6) is 1.17. The summed E-state index contributed by atoms with van der Waals surface area (Å²) in [5.41, 5.74) is 5.25.